The summed E-state index contributed by atoms with van der Waals surface area (Å²) < 4.78 is 0. The van der Waals surface area contributed by atoms with Gasteiger partial charge in [-0.3, -0.25) is 0 Å². The molecule has 4 heteroatoms. The molecule has 2 unspecified atom stereocenters. The van der Waals surface area contributed by atoms with Crippen LogP contribution in [0, 0.1) is 5.92 Å². The molecule has 0 saturated heterocycles. The third-order valence-corrected chi connectivity index (χ3v) is 4.00. The Morgan fingerprint density at radius 2 is 2.17 bits per heavy atom. The Balaban J connectivity index is 1.74. The van der Waals surface area contributed by atoms with E-state index < -0.39 is 0 Å². The lowest BCUT2D eigenvalue weighted by atomic mass is 10.1. The van der Waals surface area contributed by atoms with Crippen molar-refractivity contribution in [3.63, 3.8) is 0 Å². The van der Waals surface area contributed by atoms with Crippen molar-refractivity contribution in [1.82, 2.24) is 10.2 Å². The molecule has 1 aromatic heterocycles. The van der Waals surface area contributed by atoms with Crippen LogP contribution in [-0.2, 0) is 0 Å². The summed E-state index contributed by atoms with van der Waals surface area (Å²) in [5.41, 5.74) is 2.00. The normalized spacial score (nSPS) is 23.4. The van der Waals surface area contributed by atoms with Crippen LogP contribution >= 0.6 is 11.6 Å². The van der Waals surface area contributed by atoms with Gasteiger partial charge in [0, 0.05) is 17.3 Å². The van der Waals surface area contributed by atoms with Gasteiger partial charge in [0.15, 0.2) is 0 Å². The van der Waals surface area contributed by atoms with Gasteiger partial charge in [-0.15, -0.1) is 11.6 Å². The molecule has 0 bridgehead atoms. The summed E-state index contributed by atoms with van der Waals surface area (Å²) in [4.78, 5) is 0. The molecule has 0 radical (unpaired) electrons. The van der Waals surface area contributed by atoms with Gasteiger partial charge in [-0.2, -0.15) is 10.2 Å². The van der Waals surface area contributed by atoms with Crippen LogP contribution in [0.1, 0.15) is 19.3 Å². The summed E-state index contributed by atoms with van der Waals surface area (Å²) in [5.74, 6) is 0.680. The van der Waals surface area contributed by atoms with E-state index in [0.29, 0.717) is 11.3 Å². The van der Waals surface area contributed by atoms with Crippen LogP contribution in [0.2, 0.25) is 0 Å². The number of rotatable bonds is 3. The lowest BCUT2D eigenvalue weighted by molar-refractivity contribution is 0.581. The lowest BCUT2D eigenvalue weighted by Gasteiger charge is -2.13. The molecule has 18 heavy (non-hydrogen) atoms. The maximum absolute atomic E-state index is 6.13. The number of nitrogens with one attached hydrogen (secondary N) is 1. The third-order valence-electron chi connectivity index (χ3n) is 3.60. The molecule has 2 atom stereocenters. The van der Waals surface area contributed by atoms with E-state index in [1.807, 2.05) is 18.2 Å². The van der Waals surface area contributed by atoms with Gasteiger partial charge >= 0.3 is 0 Å². The van der Waals surface area contributed by atoms with Crippen molar-refractivity contribution in [2.24, 2.45) is 5.92 Å². The molecule has 94 valence electrons. The van der Waals surface area contributed by atoms with E-state index in [2.05, 4.69) is 21.6 Å². The van der Waals surface area contributed by atoms with Gasteiger partial charge in [-0.05, 0) is 31.2 Å². The zero-order valence-corrected chi connectivity index (χ0v) is 10.9. The minimum atomic E-state index is 0.365. The number of alkyl halides is 1. The Bertz CT molecular complexity index is 538. The fraction of sp³-hybridized carbons (Fsp3) is 0.429. The minimum Gasteiger partial charge on any atom is -0.383 e. The highest BCUT2D eigenvalue weighted by molar-refractivity contribution is 6.20. The molecule has 2 aromatic rings. The molecule has 1 fully saturated rings. The van der Waals surface area contributed by atoms with Crippen molar-refractivity contribution in [3.05, 3.63) is 30.5 Å². The Hall–Kier alpha value is -1.35. The molecule has 0 amide bonds. The fourth-order valence-electron chi connectivity index (χ4n) is 2.60. The number of aromatic nitrogens is 2. The summed E-state index contributed by atoms with van der Waals surface area (Å²) in [7, 11) is 0. The van der Waals surface area contributed by atoms with Gasteiger partial charge in [0.2, 0.25) is 0 Å². The highest BCUT2D eigenvalue weighted by atomic mass is 35.5. The van der Waals surface area contributed by atoms with Gasteiger partial charge in [-0.25, -0.2) is 0 Å². The van der Waals surface area contributed by atoms with Crippen LogP contribution < -0.4 is 5.32 Å². The average molecular weight is 262 g/mol. The standard InChI is InChI=1S/C14H16ClN3/c15-11-6-5-10(7-11)8-16-14-9-17-18-13-4-2-1-3-12(13)14/h1-4,9-11H,5-8H2,(H,16,18). The van der Waals surface area contributed by atoms with E-state index in [9.17, 15) is 0 Å². The van der Waals surface area contributed by atoms with Crippen LogP contribution in [0.5, 0.6) is 0 Å². The molecule has 3 rings (SSSR count). The smallest absolute Gasteiger partial charge is 0.0950 e. The molecule has 0 spiro atoms. The van der Waals surface area contributed by atoms with Crippen LogP contribution in [0.15, 0.2) is 30.5 Å². The Morgan fingerprint density at radius 1 is 1.28 bits per heavy atom. The summed E-state index contributed by atoms with van der Waals surface area (Å²) in [6.07, 6.45) is 5.28. The molecule has 0 aliphatic heterocycles. The Labute approximate surface area is 112 Å². The highest BCUT2D eigenvalue weighted by Crippen LogP contribution is 2.30. The number of anilines is 1. The van der Waals surface area contributed by atoms with Crippen molar-refractivity contribution >= 4 is 28.2 Å². The van der Waals surface area contributed by atoms with Crippen molar-refractivity contribution < 1.29 is 0 Å². The first-order valence-electron chi connectivity index (χ1n) is 6.41. The maximum Gasteiger partial charge on any atom is 0.0950 e. The van der Waals surface area contributed by atoms with Gasteiger partial charge in [-0.1, -0.05) is 18.2 Å². The van der Waals surface area contributed by atoms with E-state index in [1.54, 1.807) is 6.20 Å². The predicted molar refractivity (Wildman–Crippen MR) is 75.0 cm³/mol. The van der Waals surface area contributed by atoms with E-state index in [1.165, 1.54) is 6.42 Å². The molecular weight excluding hydrogens is 246 g/mol. The highest BCUT2D eigenvalue weighted by Gasteiger charge is 2.22. The molecule has 1 aliphatic carbocycles. The van der Waals surface area contributed by atoms with E-state index in [4.69, 9.17) is 11.6 Å². The number of benzene rings is 1. The van der Waals surface area contributed by atoms with Gasteiger partial charge in [0.05, 0.1) is 17.4 Å². The lowest BCUT2D eigenvalue weighted by Crippen LogP contribution is -2.12. The fourth-order valence-corrected chi connectivity index (χ4v) is 2.98. The van der Waals surface area contributed by atoms with Crippen LogP contribution in [-0.4, -0.2) is 22.1 Å². The molecule has 1 aliphatic rings. The first-order valence-corrected chi connectivity index (χ1v) is 6.85. The van der Waals surface area contributed by atoms with Gasteiger partial charge in [0.1, 0.15) is 0 Å². The third kappa shape index (κ3) is 2.41. The van der Waals surface area contributed by atoms with Crippen molar-refractivity contribution in [1.29, 1.82) is 0 Å². The second-order valence-electron chi connectivity index (χ2n) is 4.93. The summed E-state index contributed by atoms with van der Waals surface area (Å²) in [5, 5.41) is 13.1. The molecule has 1 heterocycles. The van der Waals surface area contributed by atoms with Crippen molar-refractivity contribution in [2.75, 3.05) is 11.9 Å². The largest absolute Gasteiger partial charge is 0.383 e. The maximum atomic E-state index is 6.13. The van der Waals surface area contributed by atoms with E-state index in [0.717, 1.165) is 36.0 Å². The zero-order valence-electron chi connectivity index (χ0n) is 10.1. The summed E-state index contributed by atoms with van der Waals surface area (Å²) in [6.45, 7) is 0.971. The van der Waals surface area contributed by atoms with Crippen LogP contribution in [0.4, 0.5) is 5.69 Å². The van der Waals surface area contributed by atoms with Gasteiger partial charge in [0.25, 0.3) is 0 Å². The number of fused-ring (bicyclic) bond motifs is 1. The average Bonchev–Trinajstić information content (AvgIpc) is 2.82. The quantitative estimate of drug-likeness (QED) is 0.860. The van der Waals surface area contributed by atoms with E-state index >= 15 is 0 Å². The number of hydrogen-bond donors (Lipinski definition) is 1. The minimum absolute atomic E-state index is 0.365. The molecule has 1 N–H and O–H groups in total. The van der Waals surface area contributed by atoms with Crippen molar-refractivity contribution in [2.45, 2.75) is 24.6 Å². The van der Waals surface area contributed by atoms with Crippen LogP contribution in [0.25, 0.3) is 10.9 Å². The zero-order chi connectivity index (χ0) is 12.4. The Morgan fingerprint density at radius 3 is 3.00 bits per heavy atom. The molecular formula is C14H16ClN3. The van der Waals surface area contributed by atoms with E-state index in [-0.39, 0.29) is 0 Å². The first kappa shape index (κ1) is 11.7. The summed E-state index contributed by atoms with van der Waals surface area (Å²) in [6, 6.07) is 8.07. The number of halogens is 1. The predicted octanol–water partition coefficient (Wildman–Crippen LogP) is 3.45. The SMILES string of the molecule is ClC1CCC(CNc2cnnc3ccccc23)C1. The second-order valence-corrected chi connectivity index (χ2v) is 5.55. The van der Waals surface area contributed by atoms with Gasteiger partial charge < -0.3 is 5.32 Å². The summed E-state index contributed by atoms with van der Waals surface area (Å²) >= 11 is 6.13. The molecule has 1 aromatic carbocycles. The Kier molecular flexibility index (Phi) is 3.33. The molecule has 3 nitrogen and oxygen atoms in total. The molecule has 1 saturated carbocycles. The monoisotopic (exact) mass is 261 g/mol. The van der Waals surface area contributed by atoms with Crippen LogP contribution in [0.3, 0.4) is 0 Å². The topological polar surface area (TPSA) is 37.8 Å². The number of nitrogens with zero attached hydrogens (tertiary/aromatic N) is 2. The second kappa shape index (κ2) is 5.11. The first-order chi connectivity index (χ1) is 8.83. The number of hydrogen-bond acceptors (Lipinski definition) is 3. The van der Waals surface area contributed by atoms with Crippen molar-refractivity contribution in [3.8, 4) is 0 Å².